The van der Waals surface area contributed by atoms with Crippen LogP contribution >= 0.6 is 12.4 Å². The van der Waals surface area contributed by atoms with E-state index in [0.29, 0.717) is 18.7 Å². The number of aryl methyl sites for hydroxylation is 1. The minimum absolute atomic E-state index is 0. The Hall–Kier alpha value is -1.85. The summed E-state index contributed by atoms with van der Waals surface area (Å²) in [7, 11) is 1.85. The highest BCUT2D eigenvalue weighted by atomic mass is 35.5. The predicted molar refractivity (Wildman–Crippen MR) is 97.6 cm³/mol. The van der Waals surface area contributed by atoms with Crippen molar-refractivity contribution in [2.75, 3.05) is 13.1 Å². The smallest absolute Gasteiger partial charge is 0.257 e. The summed E-state index contributed by atoms with van der Waals surface area (Å²) in [6.45, 7) is 5.37. The highest BCUT2D eigenvalue weighted by Crippen LogP contribution is 2.28. The normalized spacial score (nSPS) is 20.3. The Balaban J connectivity index is 0.00000208. The molecule has 1 aromatic carbocycles. The van der Waals surface area contributed by atoms with Crippen LogP contribution in [0.3, 0.4) is 0 Å². The number of likely N-dealkylation sites (tertiary alicyclic amines) is 1. The molecule has 1 amide bonds. The number of nitrogens with zero attached hydrogens (tertiary/aromatic N) is 3. The van der Waals surface area contributed by atoms with Gasteiger partial charge in [-0.2, -0.15) is 5.10 Å². The highest BCUT2D eigenvalue weighted by Gasteiger charge is 2.35. The van der Waals surface area contributed by atoms with Crippen LogP contribution in [0.25, 0.3) is 0 Å². The van der Waals surface area contributed by atoms with E-state index < -0.39 is 0 Å². The van der Waals surface area contributed by atoms with E-state index in [2.05, 4.69) is 31.1 Å². The Morgan fingerprint density at radius 3 is 2.54 bits per heavy atom. The molecule has 2 aromatic rings. The minimum Gasteiger partial charge on any atom is -0.336 e. The first-order valence-corrected chi connectivity index (χ1v) is 8.10. The molecule has 130 valence electrons. The highest BCUT2D eigenvalue weighted by molar-refractivity contribution is 5.95. The van der Waals surface area contributed by atoms with Crippen molar-refractivity contribution in [1.82, 2.24) is 14.7 Å². The molecule has 2 atom stereocenters. The second-order valence-electron chi connectivity index (χ2n) is 6.65. The second-order valence-corrected chi connectivity index (χ2v) is 6.65. The van der Waals surface area contributed by atoms with Gasteiger partial charge in [-0.05, 0) is 11.5 Å². The molecule has 0 spiro atoms. The van der Waals surface area contributed by atoms with E-state index in [1.54, 1.807) is 4.68 Å². The van der Waals surface area contributed by atoms with Gasteiger partial charge in [-0.3, -0.25) is 9.48 Å². The molecule has 1 fully saturated rings. The van der Waals surface area contributed by atoms with Crippen LogP contribution in [0.2, 0.25) is 0 Å². The lowest BCUT2D eigenvalue weighted by molar-refractivity contribution is 0.0787. The number of hydrogen-bond acceptors (Lipinski definition) is 3. The number of aromatic nitrogens is 2. The van der Waals surface area contributed by atoms with Gasteiger partial charge in [0.2, 0.25) is 0 Å². The maximum absolute atomic E-state index is 12.9. The van der Waals surface area contributed by atoms with Crippen molar-refractivity contribution in [3.05, 3.63) is 53.3 Å². The molecule has 0 unspecified atom stereocenters. The summed E-state index contributed by atoms with van der Waals surface area (Å²) < 4.78 is 1.72. The molecular formula is C18H25ClN4O. The molecular weight excluding hydrogens is 324 g/mol. The van der Waals surface area contributed by atoms with Gasteiger partial charge in [-0.15, -0.1) is 12.4 Å². The van der Waals surface area contributed by atoms with Crippen molar-refractivity contribution in [3.63, 3.8) is 0 Å². The van der Waals surface area contributed by atoms with E-state index in [1.165, 1.54) is 5.56 Å². The van der Waals surface area contributed by atoms with Crippen molar-refractivity contribution in [2.45, 2.75) is 31.7 Å². The largest absolute Gasteiger partial charge is 0.336 e. The zero-order valence-corrected chi connectivity index (χ0v) is 15.2. The van der Waals surface area contributed by atoms with Crippen LogP contribution in [0.4, 0.5) is 0 Å². The molecule has 0 radical (unpaired) electrons. The van der Waals surface area contributed by atoms with Crippen molar-refractivity contribution in [2.24, 2.45) is 12.8 Å². The van der Waals surface area contributed by atoms with Gasteiger partial charge >= 0.3 is 0 Å². The van der Waals surface area contributed by atoms with Gasteiger partial charge < -0.3 is 10.6 Å². The first-order valence-electron chi connectivity index (χ1n) is 8.10. The van der Waals surface area contributed by atoms with Gasteiger partial charge in [0, 0.05) is 38.3 Å². The molecule has 5 nitrogen and oxygen atoms in total. The van der Waals surface area contributed by atoms with Crippen LogP contribution in [0, 0.1) is 0 Å². The third-order valence-electron chi connectivity index (χ3n) is 4.51. The van der Waals surface area contributed by atoms with Crippen LogP contribution in [-0.2, 0) is 7.05 Å². The fourth-order valence-electron chi connectivity index (χ4n) is 3.31. The molecule has 0 bridgehead atoms. The van der Waals surface area contributed by atoms with Crippen LogP contribution in [0.5, 0.6) is 0 Å². The van der Waals surface area contributed by atoms with Gasteiger partial charge in [0.15, 0.2) is 0 Å². The standard InChI is InChI=1S/C18H24N4O.ClH/c1-12(2)17-15(9-21(3)20-17)18(23)22-10-14(16(19)11-22)13-7-5-4-6-8-13;/h4-9,12,14,16H,10-11,19H2,1-3H3;1H/t14-,16+;/m0./s1. The van der Waals surface area contributed by atoms with Gasteiger partial charge in [0.1, 0.15) is 0 Å². The molecule has 0 saturated carbocycles. The number of hydrogen-bond donors (Lipinski definition) is 1. The average molecular weight is 349 g/mol. The van der Waals surface area contributed by atoms with E-state index in [4.69, 9.17) is 5.73 Å². The van der Waals surface area contributed by atoms with Crippen molar-refractivity contribution in [3.8, 4) is 0 Å². The van der Waals surface area contributed by atoms with Crippen LogP contribution in [0.15, 0.2) is 36.5 Å². The van der Waals surface area contributed by atoms with E-state index in [0.717, 1.165) is 5.69 Å². The third kappa shape index (κ3) is 3.47. The lowest BCUT2D eigenvalue weighted by atomic mass is 9.95. The van der Waals surface area contributed by atoms with Gasteiger partial charge in [0.25, 0.3) is 5.91 Å². The van der Waals surface area contributed by atoms with Gasteiger partial charge in [-0.1, -0.05) is 44.2 Å². The summed E-state index contributed by atoms with van der Waals surface area (Å²) in [6.07, 6.45) is 1.82. The summed E-state index contributed by atoms with van der Waals surface area (Å²) in [5.74, 6) is 0.450. The summed E-state index contributed by atoms with van der Waals surface area (Å²) in [5, 5.41) is 4.44. The molecule has 2 heterocycles. The Kier molecular flexibility index (Phi) is 5.67. The Labute approximate surface area is 149 Å². The SMILES string of the molecule is CC(C)c1nn(C)cc1C(=O)N1C[C@@H](N)[C@H](c2ccccc2)C1.Cl. The lowest BCUT2D eigenvalue weighted by Crippen LogP contribution is -2.32. The fraction of sp³-hybridized carbons (Fsp3) is 0.444. The fourth-order valence-corrected chi connectivity index (χ4v) is 3.31. The predicted octanol–water partition coefficient (Wildman–Crippen LogP) is 2.53. The number of carbonyl (C=O) groups excluding carboxylic acids is 1. The number of rotatable bonds is 3. The van der Waals surface area contributed by atoms with Gasteiger partial charge in [-0.25, -0.2) is 0 Å². The van der Waals surface area contributed by atoms with Crippen molar-refractivity contribution in [1.29, 1.82) is 0 Å². The first-order chi connectivity index (χ1) is 11.0. The number of benzene rings is 1. The Bertz CT molecular complexity index is 698. The zero-order chi connectivity index (χ0) is 16.6. The molecule has 6 heteroatoms. The summed E-state index contributed by atoms with van der Waals surface area (Å²) in [4.78, 5) is 14.8. The monoisotopic (exact) mass is 348 g/mol. The molecule has 0 aliphatic carbocycles. The summed E-state index contributed by atoms with van der Waals surface area (Å²) in [6, 6.07) is 10.2. The van der Waals surface area contributed by atoms with E-state index in [9.17, 15) is 4.79 Å². The number of halogens is 1. The molecule has 1 aliphatic heterocycles. The van der Waals surface area contributed by atoms with Crippen LogP contribution < -0.4 is 5.73 Å². The second kappa shape index (κ2) is 7.36. The zero-order valence-electron chi connectivity index (χ0n) is 14.3. The maximum atomic E-state index is 12.9. The quantitative estimate of drug-likeness (QED) is 0.927. The van der Waals surface area contributed by atoms with E-state index >= 15 is 0 Å². The number of nitrogens with two attached hydrogens (primary N) is 1. The van der Waals surface area contributed by atoms with Gasteiger partial charge in [0.05, 0.1) is 11.3 Å². The molecule has 3 rings (SSSR count). The number of amides is 1. The van der Waals surface area contributed by atoms with E-state index in [1.807, 2.05) is 36.3 Å². The third-order valence-corrected chi connectivity index (χ3v) is 4.51. The summed E-state index contributed by atoms with van der Waals surface area (Å²) >= 11 is 0. The maximum Gasteiger partial charge on any atom is 0.257 e. The average Bonchev–Trinajstić information content (AvgIpc) is 3.11. The van der Waals surface area contributed by atoms with E-state index in [-0.39, 0.29) is 36.2 Å². The first kappa shape index (κ1) is 18.5. The van der Waals surface area contributed by atoms with Crippen LogP contribution in [-0.4, -0.2) is 39.7 Å². The molecule has 24 heavy (non-hydrogen) atoms. The van der Waals surface area contributed by atoms with Crippen molar-refractivity contribution < 1.29 is 4.79 Å². The topological polar surface area (TPSA) is 64.2 Å². The molecule has 1 aliphatic rings. The van der Waals surface area contributed by atoms with Crippen LogP contribution in [0.1, 0.15) is 47.3 Å². The summed E-state index contributed by atoms with van der Waals surface area (Å²) in [5.41, 5.74) is 9.06. The molecule has 1 aromatic heterocycles. The molecule has 2 N–H and O–H groups in total. The number of carbonyl (C=O) groups is 1. The molecule has 1 saturated heterocycles. The Morgan fingerprint density at radius 2 is 1.92 bits per heavy atom. The lowest BCUT2D eigenvalue weighted by Gasteiger charge is -2.17. The minimum atomic E-state index is -0.0273. The Morgan fingerprint density at radius 1 is 1.25 bits per heavy atom. The van der Waals surface area contributed by atoms with Crippen molar-refractivity contribution >= 4 is 18.3 Å².